The van der Waals surface area contributed by atoms with E-state index in [9.17, 15) is 19.8 Å². The second-order valence-corrected chi connectivity index (χ2v) is 14.5. The number of nitrogens with zero attached hydrogens (tertiary/aromatic N) is 1. The van der Waals surface area contributed by atoms with Crippen LogP contribution in [0.25, 0.3) is 0 Å². The lowest BCUT2D eigenvalue weighted by Gasteiger charge is -2.70. The summed E-state index contributed by atoms with van der Waals surface area (Å²) in [5.41, 5.74) is -3.68. The largest absolute Gasteiger partial charge is 0.461 e. The summed E-state index contributed by atoms with van der Waals surface area (Å²) in [6.07, 6.45) is 0.993. The van der Waals surface area contributed by atoms with E-state index in [0.29, 0.717) is 31.6 Å². The van der Waals surface area contributed by atoms with Gasteiger partial charge < -0.3 is 39.2 Å². The third-order valence-corrected chi connectivity index (χ3v) is 13.3. The van der Waals surface area contributed by atoms with Crippen molar-refractivity contribution in [2.45, 2.75) is 81.2 Å². The fourth-order valence-corrected chi connectivity index (χ4v) is 12.2. The molecule has 6 fully saturated rings. The van der Waals surface area contributed by atoms with Crippen molar-refractivity contribution in [1.82, 2.24) is 4.90 Å². The predicted octanol–water partition coefficient (Wildman–Crippen LogP) is 2.09. The molecule has 0 radical (unpaired) electrons. The van der Waals surface area contributed by atoms with Gasteiger partial charge >= 0.3 is 5.97 Å². The number of methoxy groups -OCH3 is 4. The van der Waals surface area contributed by atoms with Crippen molar-refractivity contribution in [3.63, 3.8) is 0 Å². The number of hydrogen-bond donors (Lipinski definition) is 3. The molecule has 7 bridgehead atoms. The first-order valence-electron chi connectivity index (χ1n) is 16.4. The van der Waals surface area contributed by atoms with Gasteiger partial charge in [0.15, 0.2) is 0 Å². The molecule has 248 valence electrons. The Balaban J connectivity index is 1.37. The van der Waals surface area contributed by atoms with E-state index in [1.54, 1.807) is 52.7 Å². The summed E-state index contributed by atoms with van der Waals surface area (Å²) >= 11 is 0. The van der Waals surface area contributed by atoms with Crippen molar-refractivity contribution in [1.29, 1.82) is 0 Å². The molecule has 0 unspecified atom stereocenters. The third-order valence-electron chi connectivity index (χ3n) is 13.3. The van der Waals surface area contributed by atoms with E-state index in [-0.39, 0.29) is 60.1 Å². The Labute approximate surface area is 264 Å². The average Bonchev–Trinajstić information content (AvgIpc) is 3.45. The summed E-state index contributed by atoms with van der Waals surface area (Å²) in [6.45, 7) is 4.81. The number of benzene rings is 1. The zero-order valence-corrected chi connectivity index (χ0v) is 27.2. The second kappa shape index (κ2) is 10.7. The number of anilines is 1. The second-order valence-electron chi connectivity index (χ2n) is 14.5. The standard InChI is InChI=1S/C34H48N2O9/c1-7-36-16-31(17-45-29(38)19-10-8-9-11-22(19)35-18(2)37)13-12-24(42-4)33-21-14-20-23(41-3)15-32(39,25(21)26(20)43-5)34(40,30(33)36)28(44-6)27(31)33/h8-11,20-21,23-28,30,39-40H,7,12-17H2,1-6H3,(H,35,37)/t20-,21-,23+,24-,25-,26+,27-,28+,30+,31+,32-,33+,34-/m1/s1. The first-order valence-corrected chi connectivity index (χ1v) is 16.4. The summed E-state index contributed by atoms with van der Waals surface area (Å²) in [4.78, 5) is 27.9. The van der Waals surface area contributed by atoms with Crippen molar-refractivity contribution < 1.29 is 43.5 Å². The molecule has 6 aliphatic rings. The highest BCUT2D eigenvalue weighted by Gasteiger charge is 2.91. The van der Waals surface area contributed by atoms with Crippen LogP contribution in [0.2, 0.25) is 0 Å². The van der Waals surface area contributed by atoms with E-state index in [1.165, 1.54) is 6.92 Å². The minimum atomic E-state index is -1.66. The van der Waals surface area contributed by atoms with Crippen LogP contribution in [0.5, 0.6) is 0 Å². The highest BCUT2D eigenvalue weighted by Crippen LogP contribution is 2.80. The Hall–Kier alpha value is -2.12. The van der Waals surface area contributed by atoms with Crippen molar-refractivity contribution in [2.75, 3.05) is 53.5 Å². The van der Waals surface area contributed by atoms with Gasteiger partial charge in [0.2, 0.25) is 5.91 Å². The molecular weight excluding hydrogens is 580 g/mol. The smallest absolute Gasteiger partial charge is 0.340 e. The maximum atomic E-state index is 13.7. The minimum Gasteiger partial charge on any atom is -0.461 e. The van der Waals surface area contributed by atoms with Crippen LogP contribution in [0.3, 0.4) is 0 Å². The zero-order chi connectivity index (χ0) is 32.1. The van der Waals surface area contributed by atoms with Crippen LogP contribution < -0.4 is 5.32 Å². The summed E-state index contributed by atoms with van der Waals surface area (Å²) < 4.78 is 31.2. The van der Waals surface area contributed by atoms with Gasteiger partial charge in [-0.25, -0.2) is 4.79 Å². The van der Waals surface area contributed by atoms with Crippen molar-refractivity contribution in [2.24, 2.45) is 34.5 Å². The number of fused-ring (bicyclic) bond motifs is 2. The van der Waals surface area contributed by atoms with Crippen LogP contribution in [0, 0.1) is 34.5 Å². The highest BCUT2D eigenvalue weighted by molar-refractivity contribution is 6.00. The van der Waals surface area contributed by atoms with E-state index >= 15 is 0 Å². The molecule has 11 nitrogen and oxygen atoms in total. The van der Waals surface area contributed by atoms with E-state index in [2.05, 4.69) is 17.1 Å². The van der Waals surface area contributed by atoms with Gasteiger partial charge in [-0.2, -0.15) is 0 Å². The predicted molar refractivity (Wildman–Crippen MR) is 162 cm³/mol. The lowest BCUT2D eigenvalue weighted by Crippen LogP contribution is -2.82. The van der Waals surface area contributed by atoms with Gasteiger partial charge in [-0.15, -0.1) is 0 Å². The van der Waals surface area contributed by atoms with Crippen LogP contribution in [-0.4, -0.2) is 117 Å². The van der Waals surface area contributed by atoms with Crippen molar-refractivity contribution >= 4 is 17.6 Å². The Bertz CT molecular complexity index is 1360. The Morgan fingerprint density at radius 2 is 1.82 bits per heavy atom. The fraction of sp³-hybridized carbons (Fsp3) is 0.765. The molecule has 7 rings (SSSR count). The maximum absolute atomic E-state index is 13.7. The van der Waals surface area contributed by atoms with E-state index in [0.717, 1.165) is 12.8 Å². The number of rotatable bonds is 9. The van der Waals surface area contributed by atoms with Crippen LogP contribution in [0.15, 0.2) is 24.3 Å². The number of likely N-dealkylation sites (N-methyl/N-ethyl adjacent to an activating group) is 1. The van der Waals surface area contributed by atoms with Gasteiger partial charge in [0.25, 0.3) is 0 Å². The first kappa shape index (κ1) is 31.5. The summed E-state index contributed by atoms with van der Waals surface area (Å²) in [5, 5.41) is 29.2. The summed E-state index contributed by atoms with van der Waals surface area (Å²) in [7, 11) is 6.75. The number of hydrogen-bond acceptors (Lipinski definition) is 10. The normalized spacial score (nSPS) is 47.4. The Morgan fingerprint density at radius 3 is 2.47 bits per heavy atom. The van der Waals surface area contributed by atoms with E-state index < -0.39 is 40.1 Å². The van der Waals surface area contributed by atoms with Crippen LogP contribution in [0.1, 0.15) is 49.9 Å². The molecule has 5 saturated carbocycles. The molecule has 0 aromatic heterocycles. The molecule has 5 aliphatic carbocycles. The number of carbonyl (C=O) groups is 2. The minimum absolute atomic E-state index is 0.0387. The van der Waals surface area contributed by atoms with E-state index in [4.69, 9.17) is 23.7 Å². The molecular formula is C34H48N2O9. The van der Waals surface area contributed by atoms with Gasteiger partial charge in [0, 0.05) is 76.9 Å². The third kappa shape index (κ3) is 3.72. The van der Waals surface area contributed by atoms with Crippen LogP contribution in [0.4, 0.5) is 5.69 Å². The van der Waals surface area contributed by atoms with Gasteiger partial charge in [0.05, 0.1) is 48.3 Å². The Kier molecular flexibility index (Phi) is 7.48. The topological polar surface area (TPSA) is 136 Å². The molecule has 3 N–H and O–H groups in total. The molecule has 13 atom stereocenters. The number of amides is 1. The van der Waals surface area contributed by atoms with Crippen molar-refractivity contribution in [3.05, 3.63) is 29.8 Å². The molecule has 1 aliphatic heterocycles. The zero-order valence-electron chi connectivity index (χ0n) is 27.2. The summed E-state index contributed by atoms with van der Waals surface area (Å²) in [6, 6.07) is 6.41. The molecule has 1 aromatic carbocycles. The number of likely N-dealkylation sites (tertiary alicyclic amines) is 1. The lowest BCUT2D eigenvalue weighted by atomic mass is 9.42. The maximum Gasteiger partial charge on any atom is 0.340 e. The molecule has 11 heteroatoms. The highest BCUT2D eigenvalue weighted by atomic mass is 16.5. The number of piperidine rings is 1. The van der Waals surface area contributed by atoms with Crippen molar-refractivity contribution in [3.8, 4) is 0 Å². The van der Waals surface area contributed by atoms with Gasteiger partial charge in [-0.3, -0.25) is 9.69 Å². The molecule has 1 amide bonds. The van der Waals surface area contributed by atoms with E-state index in [1.807, 2.05) is 0 Å². The van der Waals surface area contributed by atoms with Gasteiger partial charge in [0.1, 0.15) is 11.2 Å². The number of ether oxygens (including phenoxy) is 5. The van der Waals surface area contributed by atoms with Gasteiger partial charge in [-0.1, -0.05) is 19.1 Å². The molecule has 1 aromatic rings. The SMILES string of the molecule is CCN1C[C@]2(COC(=O)c3ccccc3NC(C)=O)CC[C@@H](OC)[C@@]34[C@@H]5C[C@H]6[C@H](OC)[C@@H]5[C@](O)(C[C@@H]6OC)[C@@](O)([C@@H](OC)[C@H]23)[C@@H]14. The lowest BCUT2D eigenvalue weighted by molar-refractivity contribution is -0.320. The Morgan fingerprint density at radius 1 is 1.07 bits per heavy atom. The fourth-order valence-electron chi connectivity index (χ4n) is 12.2. The number of para-hydroxylation sites is 1. The van der Waals surface area contributed by atoms with Crippen LogP contribution in [-0.2, 0) is 28.5 Å². The average molecular weight is 629 g/mol. The first-order chi connectivity index (χ1) is 21.5. The number of esters is 1. The molecule has 1 saturated heterocycles. The van der Waals surface area contributed by atoms with Gasteiger partial charge in [-0.05, 0) is 43.9 Å². The number of carbonyl (C=O) groups excluding carboxylic acids is 2. The molecule has 1 spiro atoms. The van der Waals surface area contributed by atoms with Crippen LogP contribution >= 0.6 is 0 Å². The molecule has 1 heterocycles. The number of aliphatic hydroxyl groups is 2. The summed E-state index contributed by atoms with van der Waals surface area (Å²) in [5.74, 6) is -1.36. The number of nitrogens with one attached hydrogen (secondary N) is 1. The monoisotopic (exact) mass is 628 g/mol. The molecule has 45 heavy (non-hydrogen) atoms. The quantitative estimate of drug-likeness (QED) is 0.349.